The molecule has 8 nitrogen and oxygen atoms in total. The number of rotatable bonds is 12. The van der Waals surface area contributed by atoms with Crippen molar-refractivity contribution < 1.29 is 4.74 Å². The van der Waals surface area contributed by atoms with Crippen molar-refractivity contribution in [3.8, 4) is 5.75 Å². The van der Waals surface area contributed by atoms with Crippen LogP contribution in [0.2, 0.25) is 5.02 Å². The van der Waals surface area contributed by atoms with Crippen molar-refractivity contribution >= 4 is 22.5 Å². The lowest BCUT2D eigenvalue weighted by molar-refractivity contribution is 0.193. The number of ether oxygens (including phenoxy) is 1. The number of halogens is 1. The maximum absolute atomic E-state index is 14.0. The van der Waals surface area contributed by atoms with Gasteiger partial charge in [0.1, 0.15) is 11.8 Å². The number of methoxy groups -OCH3 is 1. The Bertz CT molecular complexity index is 1940. The Hall–Kier alpha value is -4.79. The van der Waals surface area contributed by atoms with Crippen molar-refractivity contribution in [2.45, 2.75) is 45.4 Å². The van der Waals surface area contributed by atoms with E-state index in [1.165, 1.54) is 11.1 Å². The van der Waals surface area contributed by atoms with Gasteiger partial charge in [-0.25, -0.2) is 4.68 Å². The summed E-state index contributed by atoms with van der Waals surface area (Å²) in [5.41, 5.74) is 5.51. The number of hydrogen-bond donors (Lipinski definition) is 1. The Labute approximate surface area is 267 Å². The highest BCUT2D eigenvalue weighted by molar-refractivity contribution is 6.31. The van der Waals surface area contributed by atoms with Crippen LogP contribution < -0.4 is 10.3 Å². The lowest BCUT2D eigenvalue weighted by Crippen LogP contribution is -2.35. The van der Waals surface area contributed by atoms with Gasteiger partial charge in [-0.05, 0) is 87.3 Å². The number of fused-ring (bicyclic) bond motifs is 1. The van der Waals surface area contributed by atoms with Gasteiger partial charge < -0.3 is 9.72 Å². The van der Waals surface area contributed by atoms with Gasteiger partial charge in [0, 0.05) is 35.7 Å². The molecule has 2 aromatic heterocycles. The summed E-state index contributed by atoms with van der Waals surface area (Å²) in [7, 11) is 1.65. The van der Waals surface area contributed by atoms with Crippen molar-refractivity contribution in [2.24, 2.45) is 0 Å². The summed E-state index contributed by atoms with van der Waals surface area (Å²) >= 11 is 6.72. The van der Waals surface area contributed by atoms with Gasteiger partial charge in [0.25, 0.3) is 5.56 Å². The maximum atomic E-state index is 14.0. The third kappa shape index (κ3) is 6.98. The van der Waals surface area contributed by atoms with E-state index in [1.54, 1.807) is 7.11 Å². The number of aryl methyl sites for hydroxylation is 3. The zero-order chi connectivity index (χ0) is 31.2. The van der Waals surface area contributed by atoms with E-state index in [1.807, 2.05) is 89.6 Å². The summed E-state index contributed by atoms with van der Waals surface area (Å²) < 4.78 is 7.23. The zero-order valence-electron chi connectivity index (χ0n) is 25.4. The molecule has 1 unspecified atom stereocenters. The number of nitrogens with zero attached hydrogens (tertiary/aromatic N) is 5. The number of nitrogens with one attached hydrogen (secondary N) is 1. The van der Waals surface area contributed by atoms with Crippen molar-refractivity contribution in [1.29, 1.82) is 0 Å². The van der Waals surface area contributed by atoms with Crippen LogP contribution in [0.3, 0.4) is 0 Å². The normalized spacial score (nSPS) is 12.1. The molecular formula is C36H35ClN6O2. The number of aromatic amines is 1. The Morgan fingerprint density at radius 3 is 2.40 bits per heavy atom. The third-order valence-electron chi connectivity index (χ3n) is 8.14. The van der Waals surface area contributed by atoms with Crippen LogP contribution in [0.5, 0.6) is 5.75 Å². The van der Waals surface area contributed by atoms with Gasteiger partial charge in [0.15, 0.2) is 5.82 Å². The van der Waals surface area contributed by atoms with Crippen molar-refractivity contribution in [3.63, 3.8) is 0 Å². The first-order chi connectivity index (χ1) is 22.0. The van der Waals surface area contributed by atoms with E-state index in [2.05, 4.69) is 50.5 Å². The Morgan fingerprint density at radius 1 is 0.889 bits per heavy atom. The topological polar surface area (TPSA) is 88.9 Å². The van der Waals surface area contributed by atoms with E-state index < -0.39 is 6.04 Å². The second-order valence-electron chi connectivity index (χ2n) is 11.1. The monoisotopic (exact) mass is 618 g/mol. The highest BCUT2D eigenvalue weighted by Gasteiger charge is 2.31. The zero-order valence-corrected chi connectivity index (χ0v) is 26.1. The standard InChI is InChI=1S/C36H35ClN6O2/c1-3-25-15-18-33-29(21-25)22-31(36(44)38-33)34(35-39-40-41-43(35)20-19-26-9-5-4-6-10-26)42(24-28-11-7-8-12-32(28)37)23-27-13-16-30(45-2)17-14-27/h4-18,21-22,34H,3,19-20,23-24H2,1-2H3,(H,38,44). The third-order valence-corrected chi connectivity index (χ3v) is 8.51. The van der Waals surface area contributed by atoms with E-state index in [9.17, 15) is 4.79 Å². The summed E-state index contributed by atoms with van der Waals surface area (Å²) in [5.74, 6) is 1.36. The number of H-pyrrole nitrogens is 1. The van der Waals surface area contributed by atoms with Crippen LogP contribution >= 0.6 is 11.6 Å². The van der Waals surface area contributed by atoms with E-state index in [0.29, 0.717) is 36.0 Å². The van der Waals surface area contributed by atoms with E-state index in [-0.39, 0.29) is 5.56 Å². The molecule has 0 aliphatic heterocycles. The molecular weight excluding hydrogens is 584 g/mol. The Morgan fingerprint density at radius 2 is 1.64 bits per heavy atom. The van der Waals surface area contributed by atoms with Crippen LogP contribution in [-0.4, -0.2) is 37.2 Å². The molecule has 0 radical (unpaired) electrons. The van der Waals surface area contributed by atoms with E-state index >= 15 is 0 Å². The van der Waals surface area contributed by atoms with Crippen LogP contribution in [0.4, 0.5) is 0 Å². The fraction of sp³-hybridized carbons (Fsp3) is 0.222. The van der Waals surface area contributed by atoms with Crippen LogP contribution in [0.15, 0.2) is 108 Å². The average molecular weight is 619 g/mol. The van der Waals surface area contributed by atoms with Crippen molar-refractivity contribution in [2.75, 3.05) is 7.11 Å². The van der Waals surface area contributed by atoms with Crippen molar-refractivity contribution in [3.05, 3.63) is 152 Å². The first-order valence-corrected chi connectivity index (χ1v) is 15.5. The van der Waals surface area contributed by atoms with E-state index in [4.69, 9.17) is 16.3 Å². The van der Waals surface area contributed by atoms with Gasteiger partial charge in [-0.3, -0.25) is 9.69 Å². The summed E-state index contributed by atoms with van der Waals surface area (Å²) in [6.07, 6.45) is 1.63. The van der Waals surface area contributed by atoms with Crippen LogP contribution in [0.1, 0.15) is 46.6 Å². The molecule has 6 aromatic rings. The summed E-state index contributed by atoms with van der Waals surface area (Å²) in [6, 6.07) is 33.5. The van der Waals surface area contributed by atoms with Gasteiger partial charge in [0.2, 0.25) is 0 Å². The molecule has 1 N–H and O–H groups in total. The molecule has 2 heterocycles. The molecule has 0 saturated carbocycles. The maximum Gasteiger partial charge on any atom is 0.253 e. The smallest absolute Gasteiger partial charge is 0.253 e. The van der Waals surface area contributed by atoms with Gasteiger partial charge in [-0.15, -0.1) is 5.10 Å². The molecule has 9 heteroatoms. The largest absolute Gasteiger partial charge is 0.497 e. The predicted molar refractivity (Wildman–Crippen MR) is 177 cm³/mol. The molecule has 0 bridgehead atoms. The van der Waals surface area contributed by atoms with Crippen molar-refractivity contribution in [1.82, 2.24) is 30.1 Å². The molecule has 6 rings (SSSR count). The second-order valence-corrected chi connectivity index (χ2v) is 11.5. The molecule has 1 atom stereocenters. The van der Waals surface area contributed by atoms with Crippen LogP contribution in [0.25, 0.3) is 10.9 Å². The fourth-order valence-electron chi connectivity index (χ4n) is 5.69. The number of tetrazole rings is 1. The minimum atomic E-state index is -0.590. The van der Waals surface area contributed by atoms with Gasteiger partial charge >= 0.3 is 0 Å². The lowest BCUT2D eigenvalue weighted by Gasteiger charge is -2.31. The van der Waals surface area contributed by atoms with Gasteiger partial charge in [-0.2, -0.15) is 0 Å². The molecule has 228 valence electrons. The lowest BCUT2D eigenvalue weighted by atomic mass is 10.00. The number of pyridine rings is 1. The molecule has 0 amide bonds. The summed E-state index contributed by atoms with van der Waals surface area (Å²) in [6.45, 7) is 3.63. The highest BCUT2D eigenvalue weighted by atomic mass is 35.5. The van der Waals surface area contributed by atoms with Crippen LogP contribution in [-0.2, 0) is 32.5 Å². The van der Waals surface area contributed by atoms with Crippen LogP contribution in [0, 0.1) is 0 Å². The highest BCUT2D eigenvalue weighted by Crippen LogP contribution is 2.32. The first-order valence-electron chi connectivity index (χ1n) is 15.1. The number of benzene rings is 4. The first kappa shape index (κ1) is 30.2. The minimum Gasteiger partial charge on any atom is -0.497 e. The number of aromatic nitrogens is 5. The van der Waals surface area contributed by atoms with E-state index in [0.717, 1.165) is 40.6 Å². The molecule has 4 aromatic carbocycles. The average Bonchev–Trinajstić information content (AvgIpc) is 3.53. The quantitative estimate of drug-likeness (QED) is 0.163. The fourth-order valence-corrected chi connectivity index (χ4v) is 5.89. The summed E-state index contributed by atoms with van der Waals surface area (Å²) in [5, 5.41) is 14.7. The second kappa shape index (κ2) is 13.9. The SMILES string of the molecule is CCc1ccc2[nH]c(=O)c(C(c3nnnn3CCc3ccccc3)N(Cc3ccc(OC)cc3)Cc3ccccc3Cl)cc2c1. The Balaban J connectivity index is 1.50. The molecule has 0 fully saturated rings. The van der Waals surface area contributed by atoms with Gasteiger partial charge in [-0.1, -0.05) is 85.3 Å². The molecule has 0 aliphatic carbocycles. The Kier molecular flexibility index (Phi) is 9.33. The molecule has 0 saturated heterocycles. The minimum absolute atomic E-state index is 0.187. The molecule has 0 spiro atoms. The molecule has 0 aliphatic rings. The summed E-state index contributed by atoms with van der Waals surface area (Å²) in [4.78, 5) is 19.3. The predicted octanol–water partition coefficient (Wildman–Crippen LogP) is 6.77. The number of hydrogen-bond acceptors (Lipinski definition) is 6. The molecule has 45 heavy (non-hydrogen) atoms. The van der Waals surface area contributed by atoms with Gasteiger partial charge in [0.05, 0.1) is 7.11 Å².